The number of hydrogen-bond donors (Lipinski definition) is 2. The SMILES string of the molecule is CSCC[C@@H](NC(=O)CCn1cnc([N+](=O)[O-])c1)C(=O)O. The highest BCUT2D eigenvalue weighted by molar-refractivity contribution is 7.98. The van der Waals surface area contributed by atoms with Crippen LogP contribution in [0.15, 0.2) is 12.5 Å². The molecule has 0 saturated carbocycles. The molecule has 1 aromatic rings. The average molecular weight is 316 g/mol. The highest BCUT2D eigenvalue weighted by atomic mass is 32.2. The Labute approximate surface area is 124 Å². The normalized spacial score (nSPS) is 11.9. The van der Waals surface area contributed by atoms with Crippen LogP contribution in [0.1, 0.15) is 12.8 Å². The van der Waals surface area contributed by atoms with Gasteiger partial charge in [-0.1, -0.05) is 0 Å². The van der Waals surface area contributed by atoms with Gasteiger partial charge in [0.05, 0.1) is 0 Å². The molecule has 1 heterocycles. The van der Waals surface area contributed by atoms with Crippen molar-refractivity contribution in [1.29, 1.82) is 0 Å². The van der Waals surface area contributed by atoms with Crippen LogP contribution in [0.3, 0.4) is 0 Å². The minimum atomic E-state index is -1.07. The van der Waals surface area contributed by atoms with Crippen molar-refractivity contribution in [3.63, 3.8) is 0 Å². The molecule has 2 N–H and O–H groups in total. The topological polar surface area (TPSA) is 127 Å². The second-order valence-electron chi connectivity index (χ2n) is 4.22. The molecule has 0 fully saturated rings. The molecule has 0 aliphatic carbocycles. The fourth-order valence-electron chi connectivity index (χ4n) is 1.56. The minimum Gasteiger partial charge on any atom is -0.480 e. The van der Waals surface area contributed by atoms with Gasteiger partial charge in [-0.25, -0.2) is 4.79 Å². The predicted octanol–water partition coefficient (Wildman–Crippen LogP) is 0.504. The lowest BCUT2D eigenvalue weighted by molar-refractivity contribution is -0.389. The first-order valence-electron chi connectivity index (χ1n) is 6.11. The number of thioether (sulfide) groups is 1. The van der Waals surface area contributed by atoms with E-state index in [1.807, 2.05) is 6.26 Å². The van der Waals surface area contributed by atoms with E-state index in [4.69, 9.17) is 5.11 Å². The second-order valence-corrected chi connectivity index (χ2v) is 5.20. The van der Waals surface area contributed by atoms with Gasteiger partial charge in [0.25, 0.3) is 0 Å². The van der Waals surface area contributed by atoms with Crippen molar-refractivity contribution < 1.29 is 19.6 Å². The van der Waals surface area contributed by atoms with Gasteiger partial charge in [0, 0.05) is 13.0 Å². The second kappa shape index (κ2) is 8.25. The molecule has 21 heavy (non-hydrogen) atoms. The molecule has 0 radical (unpaired) electrons. The van der Waals surface area contributed by atoms with Crippen LogP contribution in [0.5, 0.6) is 0 Å². The van der Waals surface area contributed by atoms with Gasteiger partial charge < -0.3 is 25.1 Å². The Morgan fingerprint density at radius 2 is 2.33 bits per heavy atom. The molecule has 1 rings (SSSR count). The number of nitro groups is 1. The van der Waals surface area contributed by atoms with Crippen LogP contribution >= 0.6 is 11.8 Å². The number of amides is 1. The molecule has 1 amide bonds. The molecule has 10 heteroatoms. The number of nitrogens with zero attached hydrogens (tertiary/aromatic N) is 3. The summed E-state index contributed by atoms with van der Waals surface area (Å²) in [5.41, 5.74) is 0. The number of carboxylic acid groups (broad SMARTS) is 1. The van der Waals surface area contributed by atoms with Crippen molar-refractivity contribution in [3.05, 3.63) is 22.6 Å². The maximum atomic E-state index is 11.7. The fourth-order valence-corrected chi connectivity index (χ4v) is 2.03. The number of hydrogen-bond acceptors (Lipinski definition) is 6. The quantitative estimate of drug-likeness (QED) is 0.501. The summed E-state index contributed by atoms with van der Waals surface area (Å²) in [6.45, 7) is 0.196. The van der Waals surface area contributed by atoms with Crippen molar-refractivity contribution >= 4 is 29.5 Å². The van der Waals surface area contributed by atoms with Crippen molar-refractivity contribution in [2.45, 2.75) is 25.4 Å². The Morgan fingerprint density at radius 1 is 1.62 bits per heavy atom. The van der Waals surface area contributed by atoms with Gasteiger partial charge in [-0.2, -0.15) is 11.8 Å². The van der Waals surface area contributed by atoms with Crippen LogP contribution < -0.4 is 5.32 Å². The van der Waals surface area contributed by atoms with E-state index in [0.29, 0.717) is 12.2 Å². The highest BCUT2D eigenvalue weighted by Crippen LogP contribution is 2.06. The zero-order chi connectivity index (χ0) is 15.8. The van der Waals surface area contributed by atoms with Gasteiger partial charge in [-0.3, -0.25) is 4.79 Å². The molecule has 0 bridgehead atoms. The van der Waals surface area contributed by atoms with Gasteiger partial charge in [0.15, 0.2) is 0 Å². The van der Waals surface area contributed by atoms with E-state index >= 15 is 0 Å². The standard InChI is InChI=1S/C11H16N4O5S/c1-21-5-3-8(11(17)18)13-10(16)2-4-14-6-9(12-7-14)15(19)20/h6-8H,2-5H2,1H3,(H,13,16)(H,17,18)/t8-/m1/s1. The summed E-state index contributed by atoms with van der Waals surface area (Å²) in [6, 6.07) is -0.915. The molecule has 0 aromatic carbocycles. The van der Waals surface area contributed by atoms with Crippen molar-refractivity contribution in [3.8, 4) is 0 Å². The van der Waals surface area contributed by atoms with Crippen LogP contribution in [0.25, 0.3) is 0 Å². The third-order valence-electron chi connectivity index (χ3n) is 2.65. The van der Waals surface area contributed by atoms with Gasteiger partial charge in [-0.15, -0.1) is 0 Å². The monoisotopic (exact) mass is 316 g/mol. The molecule has 0 aliphatic rings. The van der Waals surface area contributed by atoms with E-state index in [2.05, 4.69) is 10.3 Å². The summed E-state index contributed by atoms with van der Waals surface area (Å²) in [5.74, 6) is -1.15. The first kappa shape index (κ1) is 17.0. The van der Waals surface area contributed by atoms with Crippen molar-refractivity contribution in [2.75, 3.05) is 12.0 Å². The summed E-state index contributed by atoms with van der Waals surface area (Å²) in [6.07, 6.45) is 4.70. The smallest absolute Gasteiger partial charge is 0.381 e. The summed E-state index contributed by atoms with van der Waals surface area (Å²) in [4.78, 5) is 36.1. The maximum absolute atomic E-state index is 11.7. The lowest BCUT2D eigenvalue weighted by atomic mass is 10.2. The van der Waals surface area contributed by atoms with E-state index in [1.165, 1.54) is 28.9 Å². The summed E-state index contributed by atoms with van der Waals surface area (Å²) < 4.78 is 1.41. The van der Waals surface area contributed by atoms with E-state index in [0.717, 1.165) is 0 Å². The summed E-state index contributed by atoms with van der Waals surface area (Å²) in [7, 11) is 0. The molecule has 0 aliphatic heterocycles. The Hall–Kier alpha value is -2.10. The molecule has 116 valence electrons. The van der Waals surface area contributed by atoms with Crippen LogP contribution in [0.4, 0.5) is 5.82 Å². The number of nitrogens with one attached hydrogen (secondary N) is 1. The number of carbonyl (C=O) groups excluding carboxylic acids is 1. The van der Waals surface area contributed by atoms with E-state index < -0.39 is 22.8 Å². The third-order valence-corrected chi connectivity index (χ3v) is 3.29. The molecule has 9 nitrogen and oxygen atoms in total. The van der Waals surface area contributed by atoms with Crippen LogP contribution in [0, 0.1) is 10.1 Å². The number of carboxylic acids is 1. The van der Waals surface area contributed by atoms with Crippen LogP contribution in [0.2, 0.25) is 0 Å². The van der Waals surface area contributed by atoms with Gasteiger partial charge in [-0.05, 0) is 28.3 Å². The van der Waals surface area contributed by atoms with E-state index in [-0.39, 0.29) is 18.8 Å². The maximum Gasteiger partial charge on any atom is 0.381 e. The fraction of sp³-hybridized carbons (Fsp3) is 0.545. The number of aliphatic carboxylic acids is 1. The number of imidazole rings is 1. The number of rotatable bonds is 9. The molecular formula is C11H16N4O5S. The summed E-state index contributed by atoms with van der Waals surface area (Å²) in [5, 5.41) is 21.9. The van der Waals surface area contributed by atoms with Gasteiger partial charge >= 0.3 is 11.8 Å². The molecular weight excluding hydrogens is 300 g/mol. The molecule has 1 aromatic heterocycles. The third kappa shape index (κ3) is 5.81. The Balaban J connectivity index is 2.44. The Morgan fingerprint density at radius 3 is 2.86 bits per heavy atom. The number of aromatic nitrogens is 2. The zero-order valence-electron chi connectivity index (χ0n) is 11.4. The summed E-state index contributed by atoms with van der Waals surface area (Å²) >= 11 is 1.50. The van der Waals surface area contributed by atoms with E-state index in [1.54, 1.807) is 0 Å². The first-order chi connectivity index (χ1) is 9.93. The molecule has 0 unspecified atom stereocenters. The van der Waals surface area contributed by atoms with E-state index in [9.17, 15) is 19.7 Å². The first-order valence-corrected chi connectivity index (χ1v) is 7.50. The van der Waals surface area contributed by atoms with Gasteiger partial charge in [0.1, 0.15) is 12.2 Å². The molecule has 0 spiro atoms. The van der Waals surface area contributed by atoms with Crippen LogP contribution in [-0.2, 0) is 16.1 Å². The zero-order valence-corrected chi connectivity index (χ0v) is 12.2. The molecule has 0 saturated heterocycles. The lowest BCUT2D eigenvalue weighted by Crippen LogP contribution is -2.41. The van der Waals surface area contributed by atoms with Crippen molar-refractivity contribution in [1.82, 2.24) is 14.9 Å². The number of aryl methyl sites for hydroxylation is 1. The average Bonchev–Trinajstić information content (AvgIpc) is 2.90. The van der Waals surface area contributed by atoms with Crippen LogP contribution in [-0.4, -0.2) is 49.5 Å². The Bertz CT molecular complexity index is 518. The Kier molecular flexibility index (Phi) is 6.66. The predicted molar refractivity (Wildman–Crippen MR) is 76.1 cm³/mol. The lowest BCUT2D eigenvalue weighted by Gasteiger charge is -2.13. The highest BCUT2D eigenvalue weighted by Gasteiger charge is 2.19. The molecule has 1 atom stereocenters. The van der Waals surface area contributed by atoms with Gasteiger partial charge in [0.2, 0.25) is 12.2 Å². The van der Waals surface area contributed by atoms with Crippen molar-refractivity contribution in [2.24, 2.45) is 0 Å². The minimum absolute atomic E-state index is 0.0244. The number of carbonyl (C=O) groups is 2. The largest absolute Gasteiger partial charge is 0.480 e.